The number of carbonyl (C=O) groups is 1. The third kappa shape index (κ3) is 3.59. The summed E-state index contributed by atoms with van der Waals surface area (Å²) in [6, 6.07) is 1.50. The van der Waals surface area contributed by atoms with Gasteiger partial charge in [-0.3, -0.25) is 0 Å². The maximum Gasteiger partial charge on any atom is 0.372 e. The lowest BCUT2D eigenvalue weighted by Crippen LogP contribution is -2.15. The standard InChI is InChI=1S/C13H18O5S/c1-9-6-11(18-12(9)13(14)15)8-19(16,17)7-10-4-2-3-5-10/h6,10H,2-5,7-8H2,1H3,(H,14,15). The quantitative estimate of drug-likeness (QED) is 0.898. The molecule has 0 bridgehead atoms. The molecule has 0 aromatic carbocycles. The first-order valence-corrected chi connectivity index (χ1v) is 8.22. The number of hydrogen-bond donors (Lipinski definition) is 1. The molecule has 1 aromatic rings. The van der Waals surface area contributed by atoms with Crippen molar-refractivity contribution in [2.45, 2.75) is 38.4 Å². The van der Waals surface area contributed by atoms with Crippen molar-refractivity contribution >= 4 is 15.8 Å². The molecule has 6 heteroatoms. The highest BCUT2D eigenvalue weighted by Crippen LogP contribution is 2.27. The van der Waals surface area contributed by atoms with Crippen LogP contribution in [-0.2, 0) is 15.6 Å². The van der Waals surface area contributed by atoms with Gasteiger partial charge in [0.1, 0.15) is 11.5 Å². The SMILES string of the molecule is Cc1cc(CS(=O)(=O)CC2CCCC2)oc1C(=O)O. The molecule has 1 heterocycles. The lowest BCUT2D eigenvalue weighted by molar-refractivity contribution is 0.0659. The Bertz CT molecular complexity index is 564. The highest BCUT2D eigenvalue weighted by Gasteiger charge is 2.25. The smallest absolute Gasteiger partial charge is 0.372 e. The van der Waals surface area contributed by atoms with Crippen LogP contribution in [0, 0.1) is 12.8 Å². The van der Waals surface area contributed by atoms with Crippen LogP contribution in [0.5, 0.6) is 0 Å². The molecule has 1 saturated carbocycles. The number of hydrogen-bond acceptors (Lipinski definition) is 4. The van der Waals surface area contributed by atoms with Crippen molar-refractivity contribution in [2.24, 2.45) is 5.92 Å². The summed E-state index contributed by atoms with van der Waals surface area (Å²) in [7, 11) is -3.23. The van der Waals surface area contributed by atoms with Gasteiger partial charge in [-0.1, -0.05) is 12.8 Å². The average molecular weight is 286 g/mol. The van der Waals surface area contributed by atoms with E-state index in [1.165, 1.54) is 6.07 Å². The van der Waals surface area contributed by atoms with Crippen LogP contribution in [0.4, 0.5) is 0 Å². The van der Waals surface area contributed by atoms with Crippen LogP contribution < -0.4 is 0 Å². The van der Waals surface area contributed by atoms with Crippen molar-refractivity contribution in [2.75, 3.05) is 5.75 Å². The van der Waals surface area contributed by atoms with Gasteiger partial charge in [-0.05, 0) is 31.7 Å². The Labute approximate surface area is 112 Å². The predicted molar refractivity (Wildman–Crippen MR) is 69.9 cm³/mol. The fraction of sp³-hybridized carbons (Fsp3) is 0.615. The van der Waals surface area contributed by atoms with Crippen molar-refractivity contribution < 1.29 is 22.7 Å². The summed E-state index contributed by atoms with van der Waals surface area (Å²) >= 11 is 0. The number of aromatic carboxylic acids is 1. The molecule has 5 nitrogen and oxygen atoms in total. The van der Waals surface area contributed by atoms with E-state index in [0.717, 1.165) is 25.7 Å². The first-order valence-electron chi connectivity index (χ1n) is 6.40. The maximum absolute atomic E-state index is 12.0. The Morgan fingerprint density at radius 2 is 2.05 bits per heavy atom. The molecule has 1 aliphatic rings. The Balaban J connectivity index is 2.07. The monoisotopic (exact) mass is 286 g/mol. The minimum absolute atomic E-state index is 0.175. The third-order valence-electron chi connectivity index (χ3n) is 3.49. The summed E-state index contributed by atoms with van der Waals surface area (Å²) < 4.78 is 29.2. The van der Waals surface area contributed by atoms with Gasteiger partial charge in [0.2, 0.25) is 5.76 Å². The van der Waals surface area contributed by atoms with E-state index in [-0.39, 0.29) is 28.9 Å². The van der Waals surface area contributed by atoms with Crippen LogP contribution in [0.2, 0.25) is 0 Å². The fourth-order valence-electron chi connectivity index (χ4n) is 2.64. The van der Waals surface area contributed by atoms with Gasteiger partial charge in [0.25, 0.3) is 0 Å². The summed E-state index contributed by atoms with van der Waals surface area (Å²) in [4.78, 5) is 10.8. The highest BCUT2D eigenvalue weighted by molar-refractivity contribution is 7.90. The second-order valence-electron chi connectivity index (χ2n) is 5.24. The van der Waals surface area contributed by atoms with Crippen LogP contribution in [0.25, 0.3) is 0 Å². The van der Waals surface area contributed by atoms with E-state index in [2.05, 4.69) is 0 Å². The molecule has 0 spiro atoms. The van der Waals surface area contributed by atoms with E-state index < -0.39 is 15.8 Å². The van der Waals surface area contributed by atoms with Crippen molar-refractivity contribution in [3.63, 3.8) is 0 Å². The number of carboxylic acid groups (broad SMARTS) is 1. The van der Waals surface area contributed by atoms with Gasteiger partial charge < -0.3 is 9.52 Å². The van der Waals surface area contributed by atoms with Gasteiger partial charge in [0.05, 0.1) is 5.75 Å². The lowest BCUT2D eigenvalue weighted by atomic mass is 10.1. The van der Waals surface area contributed by atoms with E-state index >= 15 is 0 Å². The molecule has 0 saturated heterocycles. The normalized spacial score (nSPS) is 16.9. The largest absolute Gasteiger partial charge is 0.475 e. The van der Waals surface area contributed by atoms with Crippen LogP contribution in [0.1, 0.15) is 47.6 Å². The van der Waals surface area contributed by atoms with E-state index in [9.17, 15) is 13.2 Å². The Kier molecular flexibility index (Phi) is 3.99. The minimum Gasteiger partial charge on any atom is -0.475 e. The maximum atomic E-state index is 12.0. The number of furan rings is 1. The average Bonchev–Trinajstić information content (AvgIpc) is 2.86. The van der Waals surface area contributed by atoms with E-state index in [0.29, 0.717) is 5.56 Å². The van der Waals surface area contributed by atoms with Gasteiger partial charge in [0, 0.05) is 5.56 Å². The Morgan fingerprint density at radius 1 is 1.42 bits per heavy atom. The topological polar surface area (TPSA) is 84.6 Å². The molecule has 0 radical (unpaired) electrons. The molecule has 2 rings (SSSR count). The summed E-state index contributed by atoms with van der Waals surface area (Å²) in [5.41, 5.74) is 0.457. The molecular formula is C13H18O5S. The molecule has 19 heavy (non-hydrogen) atoms. The number of rotatable bonds is 5. The van der Waals surface area contributed by atoms with E-state index in [1.54, 1.807) is 6.92 Å². The summed E-state index contributed by atoms with van der Waals surface area (Å²) in [6.07, 6.45) is 4.14. The van der Waals surface area contributed by atoms with Crippen LogP contribution >= 0.6 is 0 Å². The summed E-state index contributed by atoms with van der Waals surface area (Å²) in [5.74, 6) is -0.914. The van der Waals surface area contributed by atoms with Gasteiger partial charge in [0.15, 0.2) is 9.84 Å². The van der Waals surface area contributed by atoms with Gasteiger partial charge in [-0.25, -0.2) is 13.2 Å². The minimum atomic E-state index is -3.23. The lowest BCUT2D eigenvalue weighted by Gasteiger charge is -2.08. The Morgan fingerprint density at radius 3 is 2.58 bits per heavy atom. The number of sulfone groups is 1. The van der Waals surface area contributed by atoms with Crippen molar-refractivity contribution in [1.82, 2.24) is 0 Å². The summed E-state index contributed by atoms with van der Waals surface area (Å²) in [6.45, 7) is 1.60. The highest BCUT2D eigenvalue weighted by atomic mass is 32.2. The second-order valence-corrected chi connectivity index (χ2v) is 7.34. The Hall–Kier alpha value is -1.30. The van der Waals surface area contributed by atoms with Crippen molar-refractivity contribution in [1.29, 1.82) is 0 Å². The van der Waals surface area contributed by atoms with Gasteiger partial charge >= 0.3 is 5.97 Å². The van der Waals surface area contributed by atoms with Crippen LogP contribution in [0.3, 0.4) is 0 Å². The predicted octanol–water partition coefficient (Wildman–Crippen LogP) is 2.39. The van der Waals surface area contributed by atoms with Crippen LogP contribution in [0.15, 0.2) is 10.5 Å². The zero-order valence-corrected chi connectivity index (χ0v) is 11.7. The number of aryl methyl sites for hydroxylation is 1. The summed E-state index contributed by atoms with van der Waals surface area (Å²) in [5, 5.41) is 8.86. The van der Waals surface area contributed by atoms with Crippen molar-refractivity contribution in [3.05, 3.63) is 23.2 Å². The van der Waals surface area contributed by atoms with E-state index in [1.807, 2.05) is 0 Å². The number of carboxylic acids is 1. The molecule has 1 aromatic heterocycles. The molecule has 0 unspecified atom stereocenters. The third-order valence-corrected chi connectivity index (χ3v) is 5.19. The molecule has 1 N–H and O–H groups in total. The molecule has 1 fully saturated rings. The fourth-order valence-corrected chi connectivity index (χ4v) is 4.39. The molecule has 1 aliphatic carbocycles. The van der Waals surface area contributed by atoms with Crippen LogP contribution in [-0.4, -0.2) is 25.2 Å². The second kappa shape index (κ2) is 5.36. The van der Waals surface area contributed by atoms with Gasteiger partial charge in [-0.15, -0.1) is 0 Å². The van der Waals surface area contributed by atoms with E-state index in [4.69, 9.17) is 9.52 Å². The van der Waals surface area contributed by atoms with Gasteiger partial charge in [-0.2, -0.15) is 0 Å². The molecule has 0 atom stereocenters. The molecule has 0 aliphatic heterocycles. The van der Waals surface area contributed by atoms with Crippen molar-refractivity contribution in [3.8, 4) is 0 Å². The molecular weight excluding hydrogens is 268 g/mol. The zero-order valence-electron chi connectivity index (χ0n) is 10.9. The first-order chi connectivity index (χ1) is 8.87. The molecule has 0 amide bonds. The zero-order chi connectivity index (χ0) is 14.0. The first kappa shape index (κ1) is 14.1. The molecule has 106 valence electrons.